The predicted octanol–water partition coefficient (Wildman–Crippen LogP) is 1.49. The van der Waals surface area contributed by atoms with Gasteiger partial charge in [-0.25, -0.2) is 0 Å². The fraction of sp³-hybridized carbons (Fsp3) is 1.00. The Morgan fingerprint density at radius 1 is 1.42 bits per heavy atom. The van der Waals surface area contributed by atoms with Crippen molar-refractivity contribution in [3.8, 4) is 0 Å². The van der Waals surface area contributed by atoms with E-state index in [1.165, 1.54) is 0 Å². The smallest absolute Gasteiger partial charge is 0.0438 e. The Labute approximate surface area is 80.1 Å². The molecule has 0 bridgehead atoms. The van der Waals surface area contributed by atoms with Crippen molar-refractivity contribution < 1.29 is 5.11 Å². The summed E-state index contributed by atoms with van der Waals surface area (Å²) >= 11 is 1.93. The van der Waals surface area contributed by atoms with Crippen molar-refractivity contribution >= 4 is 11.8 Å². The molecule has 0 aromatic heterocycles. The molecule has 12 heavy (non-hydrogen) atoms. The summed E-state index contributed by atoms with van der Waals surface area (Å²) in [6.07, 6.45) is 0.911. The van der Waals surface area contributed by atoms with Crippen molar-refractivity contribution in [2.75, 3.05) is 18.9 Å². The van der Waals surface area contributed by atoms with Crippen molar-refractivity contribution in [3.63, 3.8) is 0 Å². The summed E-state index contributed by atoms with van der Waals surface area (Å²) in [6.45, 7) is 7.92. The molecule has 2 atom stereocenters. The molecule has 0 saturated carbocycles. The minimum absolute atomic E-state index is 0.315. The van der Waals surface area contributed by atoms with E-state index < -0.39 is 0 Å². The summed E-state index contributed by atoms with van der Waals surface area (Å²) in [6, 6.07) is 0.568. The summed E-state index contributed by atoms with van der Waals surface area (Å²) in [5.41, 5.74) is 0. The van der Waals surface area contributed by atoms with E-state index in [1.807, 2.05) is 11.8 Å². The molecule has 0 amide bonds. The van der Waals surface area contributed by atoms with Crippen LogP contribution in [0.2, 0.25) is 0 Å². The van der Waals surface area contributed by atoms with Gasteiger partial charge >= 0.3 is 0 Å². The Kier molecular flexibility index (Phi) is 8.07. The zero-order valence-electron chi connectivity index (χ0n) is 8.34. The van der Waals surface area contributed by atoms with E-state index >= 15 is 0 Å². The number of hydrogen-bond acceptors (Lipinski definition) is 3. The highest BCUT2D eigenvalue weighted by Gasteiger charge is 2.09. The number of aliphatic hydroxyl groups is 1. The summed E-state index contributed by atoms with van der Waals surface area (Å²) in [5, 5.41) is 12.6. The first-order valence-corrected chi connectivity index (χ1v) is 5.73. The molecule has 0 rings (SSSR count). The fourth-order valence-corrected chi connectivity index (χ4v) is 2.02. The third-order valence-corrected chi connectivity index (χ3v) is 3.37. The number of nitrogens with one attached hydrogen (secondary N) is 1. The molecule has 3 heteroatoms. The van der Waals surface area contributed by atoms with Crippen LogP contribution in [0, 0.1) is 0 Å². The normalized spacial score (nSPS) is 16.0. The quantitative estimate of drug-likeness (QED) is 0.598. The van der Waals surface area contributed by atoms with Gasteiger partial charge in [0.05, 0.1) is 0 Å². The summed E-state index contributed by atoms with van der Waals surface area (Å²) in [7, 11) is 0. The first-order valence-electron chi connectivity index (χ1n) is 4.68. The zero-order valence-corrected chi connectivity index (χ0v) is 9.16. The molecule has 0 heterocycles. The van der Waals surface area contributed by atoms with Crippen LogP contribution >= 0.6 is 11.8 Å². The molecule has 0 fully saturated rings. The molecule has 2 nitrogen and oxygen atoms in total. The lowest BCUT2D eigenvalue weighted by Crippen LogP contribution is -2.33. The molecular weight excluding hydrogens is 170 g/mol. The lowest BCUT2D eigenvalue weighted by Gasteiger charge is -2.19. The van der Waals surface area contributed by atoms with Gasteiger partial charge in [0.25, 0.3) is 0 Å². The van der Waals surface area contributed by atoms with Crippen LogP contribution in [0.3, 0.4) is 0 Å². The highest BCUT2D eigenvalue weighted by Crippen LogP contribution is 2.14. The third-order valence-electron chi connectivity index (χ3n) is 1.91. The van der Waals surface area contributed by atoms with E-state index in [0.29, 0.717) is 17.9 Å². The van der Waals surface area contributed by atoms with E-state index in [0.717, 1.165) is 18.7 Å². The summed E-state index contributed by atoms with van der Waals surface area (Å²) in [5.74, 6) is 1.06. The zero-order chi connectivity index (χ0) is 9.40. The predicted molar refractivity (Wildman–Crippen MR) is 56.8 cm³/mol. The van der Waals surface area contributed by atoms with Crippen molar-refractivity contribution in [3.05, 3.63) is 0 Å². The summed E-state index contributed by atoms with van der Waals surface area (Å²) in [4.78, 5) is 0. The molecule has 2 N–H and O–H groups in total. The average molecular weight is 191 g/mol. The monoisotopic (exact) mass is 191 g/mol. The highest BCUT2D eigenvalue weighted by molar-refractivity contribution is 7.99. The second-order valence-corrected chi connectivity index (χ2v) is 4.48. The van der Waals surface area contributed by atoms with Gasteiger partial charge in [-0.1, -0.05) is 13.8 Å². The second-order valence-electron chi connectivity index (χ2n) is 3.00. The molecule has 2 unspecified atom stereocenters. The lowest BCUT2D eigenvalue weighted by molar-refractivity contribution is 0.296. The average Bonchev–Trinajstić information content (AvgIpc) is 2.05. The van der Waals surface area contributed by atoms with Crippen molar-refractivity contribution in [2.45, 2.75) is 38.5 Å². The maximum absolute atomic E-state index is 8.59. The standard InChI is InChI=1S/C9H21NOS/c1-4-10-8(2)9(3)12-7-5-6-11/h8-11H,4-7H2,1-3H3. The van der Waals surface area contributed by atoms with E-state index in [1.54, 1.807) is 0 Å². The second kappa shape index (κ2) is 7.90. The largest absolute Gasteiger partial charge is 0.396 e. The van der Waals surface area contributed by atoms with Crippen LogP contribution in [-0.4, -0.2) is 35.3 Å². The van der Waals surface area contributed by atoms with Crippen LogP contribution in [-0.2, 0) is 0 Å². The Morgan fingerprint density at radius 3 is 2.58 bits per heavy atom. The van der Waals surface area contributed by atoms with E-state index in [2.05, 4.69) is 26.1 Å². The molecular formula is C9H21NOS. The topological polar surface area (TPSA) is 32.3 Å². The van der Waals surface area contributed by atoms with Gasteiger partial charge < -0.3 is 10.4 Å². The maximum atomic E-state index is 8.59. The van der Waals surface area contributed by atoms with Gasteiger partial charge in [0.1, 0.15) is 0 Å². The third kappa shape index (κ3) is 5.86. The van der Waals surface area contributed by atoms with Gasteiger partial charge in [-0.3, -0.25) is 0 Å². The van der Waals surface area contributed by atoms with Gasteiger partial charge in [-0.15, -0.1) is 0 Å². The first-order chi connectivity index (χ1) is 5.72. The van der Waals surface area contributed by atoms with Gasteiger partial charge in [-0.05, 0) is 25.6 Å². The van der Waals surface area contributed by atoms with Crippen LogP contribution in [0.1, 0.15) is 27.2 Å². The Hall–Kier alpha value is 0.270. The minimum atomic E-state index is 0.315. The minimum Gasteiger partial charge on any atom is -0.396 e. The summed E-state index contributed by atoms with van der Waals surface area (Å²) < 4.78 is 0. The number of aliphatic hydroxyl groups excluding tert-OH is 1. The Morgan fingerprint density at radius 2 is 2.08 bits per heavy atom. The van der Waals surface area contributed by atoms with Gasteiger partial charge in [0.15, 0.2) is 0 Å². The molecule has 0 aliphatic carbocycles. The van der Waals surface area contributed by atoms with E-state index in [4.69, 9.17) is 5.11 Å². The SMILES string of the molecule is CCNC(C)C(C)SCCCO. The number of hydrogen-bond donors (Lipinski definition) is 2. The number of thioether (sulfide) groups is 1. The fourth-order valence-electron chi connectivity index (χ4n) is 0.966. The molecule has 0 saturated heterocycles. The van der Waals surface area contributed by atoms with Crippen LogP contribution in [0.4, 0.5) is 0 Å². The lowest BCUT2D eigenvalue weighted by atomic mass is 10.2. The molecule has 0 radical (unpaired) electrons. The molecule has 0 aliphatic heterocycles. The van der Waals surface area contributed by atoms with Crippen molar-refractivity contribution in [2.24, 2.45) is 0 Å². The van der Waals surface area contributed by atoms with Crippen LogP contribution in [0.15, 0.2) is 0 Å². The molecule has 0 aromatic carbocycles. The van der Waals surface area contributed by atoms with Gasteiger partial charge in [-0.2, -0.15) is 11.8 Å². The molecule has 0 spiro atoms. The Bertz CT molecular complexity index is 101. The maximum Gasteiger partial charge on any atom is 0.0438 e. The van der Waals surface area contributed by atoms with Crippen LogP contribution < -0.4 is 5.32 Å². The molecule has 0 aromatic rings. The highest BCUT2D eigenvalue weighted by atomic mass is 32.2. The van der Waals surface area contributed by atoms with Crippen molar-refractivity contribution in [1.82, 2.24) is 5.32 Å². The Balaban J connectivity index is 3.35. The van der Waals surface area contributed by atoms with Crippen LogP contribution in [0.5, 0.6) is 0 Å². The van der Waals surface area contributed by atoms with Gasteiger partial charge in [0, 0.05) is 17.9 Å². The number of rotatable bonds is 7. The van der Waals surface area contributed by atoms with Gasteiger partial charge in [0.2, 0.25) is 0 Å². The van der Waals surface area contributed by atoms with E-state index in [9.17, 15) is 0 Å². The molecule has 74 valence electrons. The van der Waals surface area contributed by atoms with Crippen molar-refractivity contribution in [1.29, 1.82) is 0 Å². The first kappa shape index (κ1) is 12.3. The molecule has 0 aliphatic rings. The van der Waals surface area contributed by atoms with Crippen LogP contribution in [0.25, 0.3) is 0 Å². The van der Waals surface area contributed by atoms with E-state index in [-0.39, 0.29) is 0 Å².